The van der Waals surface area contributed by atoms with E-state index in [4.69, 9.17) is 28.9 Å². The first-order valence-electron chi connectivity index (χ1n) is 6.42. The topological polar surface area (TPSA) is 26.0 Å². The van der Waals surface area contributed by atoms with Crippen molar-refractivity contribution in [1.82, 2.24) is 0 Å². The van der Waals surface area contributed by atoms with E-state index in [-0.39, 0.29) is 6.04 Å². The highest BCUT2D eigenvalue weighted by atomic mass is 35.5. The molecule has 3 atom stereocenters. The molecule has 19 heavy (non-hydrogen) atoms. The Morgan fingerprint density at radius 1 is 1.05 bits per heavy atom. The van der Waals surface area contributed by atoms with Crippen molar-refractivity contribution in [2.24, 2.45) is 11.7 Å². The van der Waals surface area contributed by atoms with Gasteiger partial charge in [-0.1, -0.05) is 59.6 Å². The lowest BCUT2D eigenvalue weighted by molar-refractivity contribution is 0.616. The van der Waals surface area contributed by atoms with E-state index >= 15 is 0 Å². The van der Waals surface area contributed by atoms with Gasteiger partial charge in [0.15, 0.2) is 0 Å². The quantitative estimate of drug-likeness (QED) is 0.864. The van der Waals surface area contributed by atoms with Gasteiger partial charge in [-0.15, -0.1) is 0 Å². The van der Waals surface area contributed by atoms with Crippen molar-refractivity contribution in [3.63, 3.8) is 0 Å². The van der Waals surface area contributed by atoms with Gasteiger partial charge in [0.1, 0.15) is 0 Å². The lowest BCUT2D eigenvalue weighted by Gasteiger charge is -2.14. The Bertz CT molecular complexity index is 583. The van der Waals surface area contributed by atoms with E-state index in [1.807, 2.05) is 18.2 Å². The van der Waals surface area contributed by atoms with Crippen molar-refractivity contribution in [3.8, 4) is 0 Å². The number of hydrogen-bond acceptors (Lipinski definition) is 1. The maximum Gasteiger partial charge on any atom is 0.0468 e. The third kappa shape index (κ3) is 2.64. The van der Waals surface area contributed by atoms with Gasteiger partial charge in [0.2, 0.25) is 0 Å². The second-order valence-electron chi connectivity index (χ2n) is 5.11. The molecule has 3 rings (SSSR count). The zero-order valence-corrected chi connectivity index (χ0v) is 11.9. The zero-order chi connectivity index (χ0) is 13.4. The summed E-state index contributed by atoms with van der Waals surface area (Å²) in [6, 6.07) is 16.1. The average Bonchev–Trinajstić information content (AvgIpc) is 3.19. The molecule has 98 valence electrons. The van der Waals surface area contributed by atoms with Gasteiger partial charge in [-0.3, -0.25) is 0 Å². The summed E-state index contributed by atoms with van der Waals surface area (Å²) >= 11 is 12.1. The van der Waals surface area contributed by atoms with Crippen LogP contribution in [0.3, 0.4) is 0 Å². The van der Waals surface area contributed by atoms with Gasteiger partial charge in [-0.05, 0) is 41.5 Å². The van der Waals surface area contributed by atoms with Gasteiger partial charge in [0, 0.05) is 16.1 Å². The lowest BCUT2D eigenvalue weighted by atomic mass is 9.99. The summed E-state index contributed by atoms with van der Waals surface area (Å²) in [6.07, 6.45) is 1.13. The first-order valence-corrected chi connectivity index (χ1v) is 7.18. The molecule has 0 radical (unpaired) electrons. The first-order chi connectivity index (χ1) is 9.16. The fraction of sp³-hybridized carbons (Fsp3) is 0.250. The molecule has 0 spiro atoms. The molecule has 3 heteroatoms. The first kappa shape index (κ1) is 13.0. The summed E-state index contributed by atoms with van der Waals surface area (Å²) < 4.78 is 0. The Hall–Kier alpha value is -1.02. The molecule has 3 unspecified atom stereocenters. The molecule has 2 N–H and O–H groups in total. The highest BCUT2D eigenvalue weighted by Gasteiger charge is 2.43. The van der Waals surface area contributed by atoms with E-state index < -0.39 is 0 Å². The van der Waals surface area contributed by atoms with Gasteiger partial charge < -0.3 is 5.73 Å². The molecule has 1 fully saturated rings. The Morgan fingerprint density at radius 2 is 1.79 bits per heavy atom. The van der Waals surface area contributed by atoms with Crippen LogP contribution in [-0.2, 0) is 0 Å². The monoisotopic (exact) mass is 291 g/mol. The third-order valence-corrected chi connectivity index (χ3v) is 4.41. The van der Waals surface area contributed by atoms with Crippen LogP contribution in [0.25, 0.3) is 0 Å². The molecular formula is C16H15Cl2N. The molecule has 1 nitrogen and oxygen atoms in total. The van der Waals surface area contributed by atoms with Gasteiger partial charge in [-0.2, -0.15) is 0 Å². The number of hydrogen-bond donors (Lipinski definition) is 1. The van der Waals surface area contributed by atoms with Crippen LogP contribution in [0.1, 0.15) is 29.5 Å². The van der Waals surface area contributed by atoms with Gasteiger partial charge in [0.25, 0.3) is 0 Å². The summed E-state index contributed by atoms with van der Waals surface area (Å²) in [5.74, 6) is 1.03. The van der Waals surface area contributed by atoms with E-state index in [1.165, 1.54) is 5.56 Å². The summed E-state index contributed by atoms with van der Waals surface area (Å²) in [6.45, 7) is 0. The lowest BCUT2D eigenvalue weighted by Crippen LogP contribution is -2.14. The van der Waals surface area contributed by atoms with E-state index in [1.54, 1.807) is 6.07 Å². The van der Waals surface area contributed by atoms with Crippen molar-refractivity contribution in [3.05, 3.63) is 69.7 Å². The van der Waals surface area contributed by atoms with Gasteiger partial charge in [0.05, 0.1) is 0 Å². The van der Waals surface area contributed by atoms with Crippen LogP contribution in [0.5, 0.6) is 0 Å². The summed E-state index contributed by atoms with van der Waals surface area (Å²) in [4.78, 5) is 0. The fourth-order valence-corrected chi connectivity index (χ4v) is 3.23. The molecule has 0 amide bonds. The zero-order valence-electron chi connectivity index (χ0n) is 10.4. The van der Waals surface area contributed by atoms with Crippen molar-refractivity contribution in [2.75, 3.05) is 0 Å². The second-order valence-corrected chi connectivity index (χ2v) is 5.95. The van der Waals surface area contributed by atoms with Crippen LogP contribution in [0.4, 0.5) is 0 Å². The van der Waals surface area contributed by atoms with Crippen LogP contribution >= 0.6 is 23.2 Å². The van der Waals surface area contributed by atoms with Crippen LogP contribution < -0.4 is 5.73 Å². The van der Waals surface area contributed by atoms with Crippen LogP contribution in [0.2, 0.25) is 10.0 Å². The minimum Gasteiger partial charge on any atom is -0.324 e. The van der Waals surface area contributed by atoms with E-state index in [0.29, 0.717) is 21.9 Å². The smallest absolute Gasteiger partial charge is 0.0468 e. The molecule has 2 aromatic carbocycles. The van der Waals surface area contributed by atoms with Crippen molar-refractivity contribution in [2.45, 2.75) is 18.4 Å². The summed E-state index contributed by atoms with van der Waals surface area (Å²) in [5, 5.41) is 1.31. The molecule has 0 heterocycles. The molecule has 1 saturated carbocycles. The fourth-order valence-electron chi connectivity index (χ4n) is 2.70. The van der Waals surface area contributed by atoms with Gasteiger partial charge in [-0.25, -0.2) is 0 Å². The molecule has 0 aliphatic heterocycles. The number of halogens is 2. The number of rotatable bonds is 3. The minimum absolute atomic E-state index is 0.0185. The van der Waals surface area contributed by atoms with Crippen molar-refractivity contribution >= 4 is 23.2 Å². The molecule has 1 aliphatic carbocycles. The van der Waals surface area contributed by atoms with Crippen LogP contribution in [0, 0.1) is 5.92 Å². The van der Waals surface area contributed by atoms with E-state index in [0.717, 1.165) is 12.0 Å². The number of nitrogens with two attached hydrogens (primary N) is 1. The average molecular weight is 292 g/mol. The standard InChI is InChI=1S/C16H15Cl2N/c17-11-6-7-12(15(18)8-11)16(19)14-9-13(14)10-4-2-1-3-5-10/h1-8,13-14,16H,9,19H2. The Balaban J connectivity index is 1.78. The van der Waals surface area contributed by atoms with Crippen LogP contribution in [0.15, 0.2) is 48.5 Å². The van der Waals surface area contributed by atoms with E-state index in [2.05, 4.69) is 24.3 Å². The Morgan fingerprint density at radius 3 is 2.47 bits per heavy atom. The van der Waals surface area contributed by atoms with Crippen LogP contribution in [-0.4, -0.2) is 0 Å². The molecular weight excluding hydrogens is 277 g/mol. The van der Waals surface area contributed by atoms with Crippen molar-refractivity contribution in [1.29, 1.82) is 0 Å². The largest absolute Gasteiger partial charge is 0.324 e. The molecule has 0 saturated heterocycles. The summed E-state index contributed by atoms with van der Waals surface area (Å²) in [7, 11) is 0. The third-order valence-electron chi connectivity index (χ3n) is 3.85. The SMILES string of the molecule is NC(c1ccc(Cl)cc1Cl)C1CC1c1ccccc1. The van der Waals surface area contributed by atoms with Gasteiger partial charge >= 0.3 is 0 Å². The normalized spacial score (nSPS) is 23.1. The Kier molecular flexibility index (Phi) is 3.53. The molecule has 2 aromatic rings. The maximum atomic E-state index is 6.35. The predicted octanol–water partition coefficient (Wildman–Crippen LogP) is 4.80. The highest BCUT2D eigenvalue weighted by Crippen LogP contribution is 2.53. The van der Waals surface area contributed by atoms with E-state index in [9.17, 15) is 0 Å². The highest BCUT2D eigenvalue weighted by molar-refractivity contribution is 6.35. The molecule has 0 aromatic heterocycles. The molecule has 0 bridgehead atoms. The predicted molar refractivity (Wildman–Crippen MR) is 80.7 cm³/mol. The number of benzene rings is 2. The molecule has 1 aliphatic rings. The Labute approximate surface area is 123 Å². The summed E-state index contributed by atoms with van der Waals surface area (Å²) in [5.41, 5.74) is 8.71. The van der Waals surface area contributed by atoms with Crippen molar-refractivity contribution < 1.29 is 0 Å². The maximum absolute atomic E-state index is 6.35. The second kappa shape index (κ2) is 5.16. The minimum atomic E-state index is -0.0185.